The summed E-state index contributed by atoms with van der Waals surface area (Å²) < 4.78 is 1.64. The van der Waals surface area contributed by atoms with Gasteiger partial charge in [-0.05, 0) is 19.1 Å². The summed E-state index contributed by atoms with van der Waals surface area (Å²) in [6.45, 7) is 1.96. The Bertz CT molecular complexity index is 634. The van der Waals surface area contributed by atoms with Crippen LogP contribution in [-0.4, -0.2) is 61.9 Å². The van der Waals surface area contributed by atoms with Gasteiger partial charge >= 0.3 is 5.97 Å². The van der Waals surface area contributed by atoms with Crippen molar-refractivity contribution >= 4 is 41.3 Å². The average Bonchev–Trinajstić information content (AvgIpc) is 2.70. The van der Waals surface area contributed by atoms with Crippen LogP contribution in [0.25, 0.3) is 0 Å². The first-order valence-electron chi connectivity index (χ1n) is 5.97. The van der Waals surface area contributed by atoms with Crippen molar-refractivity contribution in [3.63, 3.8) is 0 Å². The molecule has 0 atom stereocenters. The zero-order valence-corrected chi connectivity index (χ0v) is 14.9. The van der Waals surface area contributed by atoms with E-state index in [0.29, 0.717) is 17.0 Å². The molecule has 0 spiro atoms. The number of rotatable bonds is 4. The average molecular weight is 316 g/mol. The molecule has 1 aromatic carbocycles. The normalized spacial score (nSPS) is 9.00. The number of ketones is 1. The van der Waals surface area contributed by atoms with E-state index in [1.165, 1.54) is 0 Å². The standard InChI is InChI=1S/C15H15NO3.Na.2H2O/c1-10-3-5-11(6-4-10)15(19)13-8-7-12(16(13)2)9-14(17)18;;;/h3-8H,9H2,1-2H3,(H,17,18);;2*1H2. The molecular formula is C15H19NNaO5. The molecule has 1 aromatic heterocycles. The number of benzene rings is 1. The number of carbonyl (C=O) groups excluding carboxylic acids is 1. The molecule has 0 fully saturated rings. The van der Waals surface area contributed by atoms with Crippen molar-refractivity contribution < 1.29 is 25.6 Å². The second-order valence-electron chi connectivity index (χ2n) is 4.53. The third kappa shape index (κ3) is 5.08. The SMILES string of the molecule is Cc1ccc(C(=O)c2ccc(CC(=O)O)n2C)cc1.O.O.[Na]. The van der Waals surface area contributed by atoms with Gasteiger partial charge in [-0.15, -0.1) is 0 Å². The molecule has 0 amide bonds. The van der Waals surface area contributed by atoms with E-state index in [1.54, 1.807) is 35.9 Å². The van der Waals surface area contributed by atoms with Crippen molar-refractivity contribution in [2.45, 2.75) is 13.3 Å². The van der Waals surface area contributed by atoms with E-state index in [0.717, 1.165) is 5.56 Å². The number of aryl methyl sites for hydroxylation is 1. The molecule has 1 heterocycles. The smallest absolute Gasteiger partial charge is 0.309 e. The Morgan fingerprint density at radius 3 is 2.09 bits per heavy atom. The van der Waals surface area contributed by atoms with Crippen LogP contribution in [0.4, 0.5) is 0 Å². The Labute approximate surface area is 150 Å². The van der Waals surface area contributed by atoms with Crippen molar-refractivity contribution in [1.29, 1.82) is 0 Å². The first-order chi connectivity index (χ1) is 8.99. The van der Waals surface area contributed by atoms with Crippen LogP contribution in [0.2, 0.25) is 0 Å². The molecule has 6 nitrogen and oxygen atoms in total. The van der Waals surface area contributed by atoms with E-state index in [4.69, 9.17) is 5.11 Å². The van der Waals surface area contributed by atoms with Crippen LogP contribution in [0.1, 0.15) is 27.3 Å². The van der Waals surface area contributed by atoms with Crippen molar-refractivity contribution in [3.05, 3.63) is 58.9 Å². The van der Waals surface area contributed by atoms with E-state index in [2.05, 4.69) is 0 Å². The van der Waals surface area contributed by atoms with Crippen LogP contribution >= 0.6 is 0 Å². The number of aromatic nitrogens is 1. The minimum atomic E-state index is -0.907. The van der Waals surface area contributed by atoms with Gasteiger partial charge in [0.15, 0.2) is 0 Å². The van der Waals surface area contributed by atoms with E-state index in [1.807, 2.05) is 19.1 Å². The zero-order chi connectivity index (χ0) is 14.0. The summed E-state index contributed by atoms with van der Waals surface area (Å²) in [6.07, 6.45) is -0.0856. The van der Waals surface area contributed by atoms with Crippen LogP contribution in [0, 0.1) is 6.92 Å². The van der Waals surface area contributed by atoms with Gasteiger partial charge in [0.1, 0.15) is 0 Å². The van der Waals surface area contributed by atoms with Gasteiger partial charge in [-0.25, -0.2) is 0 Å². The molecule has 22 heavy (non-hydrogen) atoms. The summed E-state index contributed by atoms with van der Waals surface area (Å²) in [5.41, 5.74) is 2.81. The summed E-state index contributed by atoms with van der Waals surface area (Å²) in [7, 11) is 1.71. The van der Waals surface area contributed by atoms with Gasteiger partial charge in [0, 0.05) is 47.9 Å². The monoisotopic (exact) mass is 316 g/mol. The van der Waals surface area contributed by atoms with Crippen molar-refractivity contribution in [2.75, 3.05) is 0 Å². The van der Waals surface area contributed by atoms with Crippen LogP contribution in [0.3, 0.4) is 0 Å². The summed E-state index contributed by atoms with van der Waals surface area (Å²) in [4.78, 5) is 23.0. The minimum Gasteiger partial charge on any atom is -0.481 e. The van der Waals surface area contributed by atoms with Gasteiger partial charge < -0.3 is 20.6 Å². The Morgan fingerprint density at radius 2 is 1.59 bits per heavy atom. The molecule has 0 aliphatic rings. The molecule has 0 bridgehead atoms. The molecule has 0 aliphatic carbocycles. The van der Waals surface area contributed by atoms with Gasteiger partial charge in [0.2, 0.25) is 5.78 Å². The van der Waals surface area contributed by atoms with E-state index < -0.39 is 5.97 Å². The molecule has 7 heteroatoms. The zero-order valence-electron chi connectivity index (χ0n) is 12.9. The Morgan fingerprint density at radius 1 is 1.05 bits per heavy atom. The summed E-state index contributed by atoms with van der Waals surface area (Å²) >= 11 is 0. The summed E-state index contributed by atoms with van der Waals surface area (Å²) in [6, 6.07) is 10.7. The second-order valence-corrected chi connectivity index (χ2v) is 4.53. The molecular weight excluding hydrogens is 297 g/mol. The number of hydrogen-bond acceptors (Lipinski definition) is 2. The molecule has 1 radical (unpaired) electrons. The van der Waals surface area contributed by atoms with Gasteiger partial charge in [-0.3, -0.25) is 9.59 Å². The van der Waals surface area contributed by atoms with E-state index in [-0.39, 0.29) is 52.7 Å². The molecule has 115 valence electrons. The summed E-state index contributed by atoms with van der Waals surface area (Å²) in [5.74, 6) is -1.00. The number of carboxylic acids is 1. The third-order valence-electron chi connectivity index (χ3n) is 3.10. The maximum atomic E-state index is 12.3. The van der Waals surface area contributed by atoms with Crippen LogP contribution in [-0.2, 0) is 18.3 Å². The topological polar surface area (TPSA) is 122 Å². The van der Waals surface area contributed by atoms with Crippen molar-refractivity contribution in [2.24, 2.45) is 7.05 Å². The van der Waals surface area contributed by atoms with Crippen LogP contribution in [0.15, 0.2) is 36.4 Å². The van der Waals surface area contributed by atoms with Crippen molar-refractivity contribution in [1.82, 2.24) is 4.57 Å². The molecule has 2 aromatic rings. The largest absolute Gasteiger partial charge is 0.481 e. The Balaban J connectivity index is 0. The predicted molar refractivity (Wildman–Crippen MR) is 84.3 cm³/mol. The molecule has 0 unspecified atom stereocenters. The van der Waals surface area contributed by atoms with Gasteiger partial charge in [0.25, 0.3) is 0 Å². The fraction of sp³-hybridized carbons (Fsp3) is 0.200. The van der Waals surface area contributed by atoms with Crippen LogP contribution < -0.4 is 0 Å². The molecule has 5 N–H and O–H groups in total. The van der Waals surface area contributed by atoms with Crippen molar-refractivity contribution in [3.8, 4) is 0 Å². The van der Waals surface area contributed by atoms with Gasteiger partial charge in [-0.2, -0.15) is 0 Å². The fourth-order valence-corrected chi connectivity index (χ4v) is 1.97. The Hall–Kier alpha value is -1.44. The first-order valence-corrected chi connectivity index (χ1v) is 5.97. The summed E-state index contributed by atoms with van der Waals surface area (Å²) in [5, 5.41) is 8.79. The molecule has 0 saturated heterocycles. The maximum Gasteiger partial charge on any atom is 0.309 e. The number of nitrogens with zero attached hydrogens (tertiary/aromatic N) is 1. The predicted octanol–water partition coefficient (Wildman–Crippen LogP) is 0.161. The minimum absolute atomic E-state index is 0. The van der Waals surface area contributed by atoms with Crippen LogP contribution in [0.5, 0.6) is 0 Å². The van der Waals surface area contributed by atoms with E-state index in [9.17, 15) is 9.59 Å². The quantitative estimate of drug-likeness (QED) is 0.638. The number of aliphatic carboxylic acids is 1. The third-order valence-corrected chi connectivity index (χ3v) is 3.10. The first kappa shape index (κ1) is 22.8. The molecule has 0 saturated carbocycles. The number of carboxylic acid groups (broad SMARTS) is 1. The second kappa shape index (κ2) is 9.55. The molecule has 0 aliphatic heterocycles. The van der Waals surface area contributed by atoms with Gasteiger partial charge in [-0.1, -0.05) is 29.8 Å². The number of hydrogen-bond donors (Lipinski definition) is 1. The van der Waals surface area contributed by atoms with Gasteiger partial charge in [0.05, 0.1) is 12.1 Å². The Kier molecular flexibility index (Phi) is 9.91. The van der Waals surface area contributed by atoms with E-state index >= 15 is 0 Å². The molecule has 2 rings (SSSR count). The number of carbonyl (C=O) groups is 2. The fourth-order valence-electron chi connectivity index (χ4n) is 1.97. The maximum absolute atomic E-state index is 12.3.